The van der Waals surface area contributed by atoms with Crippen LogP contribution in [-0.2, 0) is 0 Å². The molecular formula is C28H46O3. The molecule has 3 saturated carbocycles. The Kier molecular flexibility index (Phi) is 7.92. The van der Waals surface area contributed by atoms with E-state index in [9.17, 15) is 15.3 Å². The lowest BCUT2D eigenvalue weighted by Crippen LogP contribution is -2.44. The highest BCUT2D eigenvalue weighted by molar-refractivity contribution is 5.38. The Bertz CT molecular complexity index is 698. The SMILES string of the molecule is C=C1/C(=C\C=C2/CCC[C@@]3(C)[C@@H]2CCC[C@@H]3[C@H](C)CCCC(C)(C)O)C[C@@H](O)C[C@@H]1O. The van der Waals surface area contributed by atoms with Crippen molar-refractivity contribution < 1.29 is 15.3 Å². The van der Waals surface area contributed by atoms with Crippen molar-refractivity contribution >= 4 is 0 Å². The van der Waals surface area contributed by atoms with E-state index >= 15 is 0 Å². The van der Waals surface area contributed by atoms with Crippen LogP contribution in [0.2, 0.25) is 0 Å². The van der Waals surface area contributed by atoms with Gasteiger partial charge in [-0.15, -0.1) is 0 Å². The van der Waals surface area contributed by atoms with E-state index in [0.29, 0.717) is 30.1 Å². The lowest BCUT2D eigenvalue weighted by molar-refractivity contribution is -0.00356. The number of fused-ring (bicyclic) bond motifs is 1. The summed E-state index contributed by atoms with van der Waals surface area (Å²) in [4.78, 5) is 0. The van der Waals surface area contributed by atoms with Gasteiger partial charge < -0.3 is 15.3 Å². The molecule has 3 fully saturated rings. The van der Waals surface area contributed by atoms with Gasteiger partial charge in [0.25, 0.3) is 0 Å². The van der Waals surface area contributed by atoms with Crippen LogP contribution < -0.4 is 0 Å². The Morgan fingerprint density at radius 3 is 2.65 bits per heavy atom. The molecule has 31 heavy (non-hydrogen) atoms. The van der Waals surface area contributed by atoms with Crippen molar-refractivity contribution in [2.45, 2.75) is 116 Å². The van der Waals surface area contributed by atoms with E-state index in [1.165, 1.54) is 44.9 Å². The highest BCUT2D eigenvalue weighted by atomic mass is 16.3. The maximum atomic E-state index is 10.2. The summed E-state index contributed by atoms with van der Waals surface area (Å²) in [5, 5.41) is 30.3. The minimum atomic E-state index is -0.617. The number of rotatable bonds is 6. The molecule has 6 atom stereocenters. The zero-order chi connectivity index (χ0) is 22.8. The van der Waals surface area contributed by atoms with Crippen LogP contribution in [0.4, 0.5) is 0 Å². The summed E-state index contributed by atoms with van der Waals surface area (Å²) < 4.78 is 0. The summed E-state index contributed by atoms with van der Waals surface area (Å²) in [5.74, 6) is 2.08. The summed E-state index contributed by atoms with van der Waals surface area (Å²) in [6.07, 6.45) is 15.2. The molecule has 0 spiro atoms. The average molecular weight is 431 g/mol. The van der Waals surface area contributed by atoms with Gasteiger partial charge in [0.1, 0.15) is 0 Å². The van der Waals surface area contributed by atoms with Gasteiger partial charge in [0.15, 0.2) is 0 Å². The van der Waals surface area contributed by atoms with Crippen LogP contribution in [0.25, 0.3) is 0 Å². The highest BCUT2D eigenvalue weighted by Crippen LogP contribution is 2.57. The number of aliphatic hydroxyl groups excluding tert-OH is 2. The summed E-state index contributed by atoms with van der Waals surface area (Å²) >= 11 is 0. The molecule has 3 aliphatic carbocycles. The fourth-order valence-electron chi connectivity index (χ4n) is 6.93. The number of hydrogen-bond donors (Lipinski definition) is 3. The van der Waals surface area contributed by atoms with Crippen molar-refractivity contribution in [1.29, 1.82) is 0 Å². The summed E-state index contributed by atoms with van der Waals surface area (Å²) in [7, 11) is 0. The van der Waals surface area contributed by atoms with Crippen molar-refractivity contribution in [3.8, 4) is 0 Å². The fourth-order valence-corrected chi connectivity index (χ4v) is 6.93. The van der Waals surface area contributed by atoms with E-state index in [4.69, 9.17) is 0 Å². The van der Waals surface area contributed by atoms with Crippen LogP contribution in [0.3, 0.4) is 0 Å². The standard InChI is InChI=1S/C28H46O3/c1-19(9-7-15-27(3,4)31)24-11-6-12-25-21(10-8-16-28(24,25)5)13-14-22-17-23(29)18-26(30)20(22)2/h13-14,19,23-26,29-31H,2,6-12,15-18H2,1,3-5H3/b21-13+,22-14-/t19-,23-,24-,25-,26+,28-/m1/s1. The van der Waals surface area contributed by atoms with E-state index in [-0.39, 0.29) is 0 Å². The number of allylic oxidation sites excluding steroid dienone is 3. The molecule has 0 bridgehead atoms. The first kappa shape index (κ1) is 24.7. The van der Waals surface area contributed by atoms with Crippen LogP contribution in [0.15, 0.2) is 35.5 Å². The maximum Gasteiger partial charge on any atom is 0.0811 e. The lowest BCUT2D eigenvalue weighted by atomic mass is 9.51. The van der Waals surface area contributed by atoms with Gasteiger partial charge in [0.05, 0.1) is 17.8 Å². The van der Waals surface area contributed by atoms with Crippen LogP contribution in [0.5, 0.6) is 0 Å². The predicted octanol–water partition coefficient (Wildman–Crippen LogP) is 6.09. The number of aliphatic hydroxyl groups is 3. The van der Waals surface area contributed by atoms with Gasteiger partial charge >= 0.3 is 0 Å². The van der Waals surface area contributed by atoms with Gasteiger partial charge in [0, 0.05) is 6.42 Å². The zero-order valence-corrected chi connectivity index (χ0v) is 20.4. The molecule has 0 aromatic heterocycles. The van der Waals surface area contributed by atoms with Gasteiger partial charge in [-0.05, 0) is 93.1 Å². The molecule has 0 unspecified atom stereocenters. The smallest absolute Gasteiger partial charge is 0.0811 e. The Labute approximate surface area is 190 Å². The van der Waals surface area contributed by atoms with Gasteiger partial charge in [-0.25, -0.2) is 0 Å². The molecule has 3 aliphatic rings. The monoisotopic (exact) mass is 430 g/mol. The third kappa shape index (κ3) is 5.92. The van der Waals surface area contributed by atoms with Gasteiger partial charge in [-0.3, -0.25) is 0 Å². The van der Waals surface area contributed by atoms with E-state index in [1.54, 1.807) is 5.57 Å². The van der Waals surface area contributed by atoms with E-state index in [2.05, 4.69) is 32.6 Å². The molecule has 0 amide bonds. The molecule has 0 aliphatic heterocycles. The molecule has 3 nitrogen and oxygen atoms in total. The third-order valence-corrected chi connectivity index (χ3v) is 8.68. The molecule has 0 aromatic carbocycles. The predicted molar refractivity (Wildman–Crippen MR) is 129 cm³/mol. The summed E-state index contributed by atoms with van der Waals surface area (Å²) in [5.41, 5.74) is 3.16. The second-order valence-electron chi connectivity index (χ2n) is 11.7. The Morgan fingerprint density at radius 1 is 1.19 bits per heavy atom. The maximum absolute atomic E-state index is 10.2. The molecular weight excluding hydrogens is 384 g/mol. The van der Waals surface area contributed by atoms with Crippen LogP contribution in [0, 0.1) is 23.2 Å². The molecule has 0 radical (unpaired) electrons. The highest BCUT2D eigenvalue weighted by Gasteiger charge is 2.48. The molecule has 3 rings (SSSR count). The largest absolute Gasteiger partial charge is 0.393 e. The molecule has 3 N–H and O–H groups in total. The average Bonchev–Trinajstić information content (AvgIpc) is 2.67. The first-order valence-electron chi connectivity index (χ1n) is 12.7. The van der Waals surface area contributed by atoms with Crippen molar-refractivity contribution in [2.75, 3.05) is 0 Å². The van der Waals surface area contributed by atoms with Gasteiger partial charge in [-0.1, -0.05) is 57.4 Å². The minimum absolute atomic E-state index is 0.359. The third-order valence-electron chi connectivity index (χ3n) is 8.68. The first-order chi connectivity index (χ1) is 14.5. The summed E-state index contributed by atoms with van der Waals surface area (Å²) in [6, 6.07) is 0. The number of hydrogen-bond acceptors (Lipinski definition) is 3. The molecule has 3 heteroatoms. The lowest BCUT2D eigenvalue weighted by Gasteiger charge is -2.54. The van der Waals surface area contributed by atoms with Gasteiger partial charge in [-0.2, -0.15) is 0 Å². The Morgan fingerprint density at radius 2 is 1.94 bits per heavy atom. The first-order valence-corrected chi connectivity index (χ1v) is 12.7. The van der Waals surface area contributed by atoms with Crippen molar-refractivity contribution in [1.82, 2.24) is 0 Å². The van der Waals surface area contributed by atoms with E-state index in [0.717, 1.165) is 29.9 Å². The second-order valence-corrected chi connectivity index (χ2v) is 11.7. The summed E-state index contributed by atoms with van der Waals surface area (Å²) in [6.45, 7) is 12.9. The molecule has 0 heterocycles. The van der Waals surface area contributed by atoms with Crippen molar-refractivity contribution in [2.24, 2.45) is 23.2 Å². The quantitative estimate of drug-likeness (QED) is 0.477. The second kappa shape index (κ2) is 9.93. The minimum Gasteiger partial charge on any atom is -0.393 e. The van der Waals surface area contributed by atoms with Crippen molar-refractivity contribution in [3.05, 3.63) is 35.5 Å². The molecule has 0 aromatic rings. The van der Waals surface area contributed by atoms with E-state index in [1.807, 2.05) is 13.8 Å². The Hall–Kier alpha value is -0.900. The van der Waals surface area contributed by atoms with Gasteiger partial charge in [0.2, 0.25) is 0 Å². The van der Waals surface area contributed by atoms with Crippen molar-refractivity contribution in [3.63, 3.8) is 0 Å². The van der Waals surface area contributed by atoms with Crippen LogP contribution >= 0.6 is 0 Å². The van der Waals surface area contributed by atoms with E-state index < -0.39 is 17.8 Å². The normalized spacial score (nSPS) is 38.4. The Balaban J connectivity index is 1.74. The topological polar surface area (TPSA) is 60.7 Å². The molecule has 0 saturated heterocycles. The fraction of sp³-hybridized carbons (Fsp3) is 0.786. The molecule has 176 valence electrons. The van der Waals surface area contributed by atoms with Crippen LogP contribution in [0.1, 0.15) is 98.3 Å². The van der Waals surface area contributed by atoms with Crippen LogP contribution in [-0.4, -0.2) is 33.1 Å². The zero-order valence-electron chi connectivity index (χ0n) is 20.4.